The van der Waals surface area contributed by atoms with Gasteiger partial charge in [0.2, 0.25) is 0 Å². The first-order valence-electron chi connectivity index (χ1n) is 5.17. The Morgan fingerprint density at radius 3 is 2.69 bits per heavy atom. The maximum absolute atomic E-state index is 12.1. The smallest absolute Gasteiger partial charge is 0.261 e. The maximum Gasteiger partial charge on any atom is 0.261 e. The molecular weight excluding hydrogens is 224 g/mol. The van der Waals surface area contributed by atoms with Gasteiger partial charge in [-0.25, -0.2) is 4.98 Å². The molecule has 0 saturated heterocycles. The molecule has 0 saturated carbocycles. The topological polar surface area (TPSA) is 34.9 Å². The lowest BCUT2D eigenvalue weighted by Crippen LogP contribution is -2.23. The summed E-state index contributed by atoms with van der Waals surface area (Å²) in [5.74, 6) is 1.01. The average Bonchev–Trinajstić information content (AvgIpc) is 2.23. The molecular formula is C12H13ClN2O. The molecule has 0 spiro atoms. The lowest BCUT2D eigenvalue weighted by molar-refractivity contribution is 0.676. The Bertz CT molecular complexity index is 602. The van der Waals surface area contributed by atoms with E-state index in [2.05, 4.69) is 4.98 Å². The second-order valence-corrected chi connectivity index (χ2v) is 4.59. The Kier molecular flexibility index (Phi) is 2.72. The number of nitrogens with zero attached hydrogens (tertiary/aromatic N) is 2. The summed E-state index contributed by atoms with van der Waals surface area (Å²) in [6.45, 7) is 4.03. The first-order chi connectivity index (χ1) is 7.50. The van der Waals surface area contributed by atoms with E-state index in [4.69, 9.17) is 11.6 Å². The summed E-state index contributed by atoms with van der Waals surface area (Å²) in [4.78, 5) is 16.6. The van der Waals surface area contributed by atoms with E-state index < -0.39 is 0 Å². The van der Waals surface area contributed by atoms with E-state index in [1.807, 2.05) is 13.8 Å². The van der Waals surface area contributed by atoms with Gasteiger partial charge >= 0.3 is 0 Å². The third kappa shape index (κ3) is 1.71. The van der Waals surface area contributed by atoms with Gasteiger partial charge in [-0.3, -0.25) is 9.36 Å². The van der Waals surface area contributed by atoms with Gasteiger partial charge in [0, 0.05) is 18.0 Å². The molecule has 1 aromatic heterocycles. The number of hydrogen-bond acceptors (Lipinski definition) is 2. The normalized spacial score (nSPS) is 11.3. The molecule has 2 rings (SSSR count). The van der Waals surface area contributed by atoms with Crippen molar-refractivity contribution >= 4 is 22.5 Å². The minimum atomic E-state index is -0.0452. The van der Waals surface area contributed by atoms with Crippen molar-refractivity contribution < 1.29 is 0 Å². The molecule has 0 unspecified atom stereocenters. The van der Waals surface area contributed by atoms with Crippen molar-refractivity contribution in [2.24, 2.45) is 7.05 Å². The number of halogens is 1. The van der Waals surface area contributed by atoms with Gasteiger partial charge in [-0.2, -0.15) is 0 Å². The minimum absolute atomic E-state index is 0.0452. The van der Waals surface area contributed by atoms with Gasteiger partial charge in [0.25, 0.3) is 5.56 Å². The molecule has 4 heteroatoms. The second kappa shape index (κ2) is 3.91. The molecule has 0 aliphatic rings. The summed E-state index contributed by atoms with van der Waals surface area (Å²) in [6.07, 6.45) is 0. The van der Waals surface area contributed by atoms with Gasteiger partial charge < -0.3 is 0 Å². The Balaban J connectivity index is 2.88. The molecule has 0 atom stereocenters. The maximum atomic E-state index is 12.1. The molecule has 0 aliphatic heterocycles. The van der Waals surface area contributed by atoms with Crippen LogP contribution in [-0.2, 0) is 7.05 Å². The summed E-state index contributed by atoms with van der Waals surface area (Å²) in [5, 5.41) is 1.13. The molecule has 0 bridgehead atoms. The summed E-state index contributed by atoms with van der Waals surface area (Å²) in [7, 11) is 1.74. The fraction of sp³-hybridized carbons (Fsp3) is 0.333. The third-order valence-corrected chi connectivity index (χ3v) is 2.82. The van der Waals surface area contributed by atoms with E-state index in [1.54, 1.807) is 29.8 Å². The number of benzene rings is 1. The van der Waals surface area contributed by atoms with Gasteiger partial charge in [-0.05, 0) is 18.2 Å². The Morgan fingerprint density at radius 2 is 2.06 bits per heavy atom. The molecule has 84 valence electrons. The first kappa shape index (κ1) is 11.1. The van der Waals surface area contributed by atoms with Gasteiger partial charge in [0.05, 0.1) is 10.9 Å². The molecule has 1 aromatic carbocycles. The molecule has 0 amide bonds. The summed E-state index contributed by atoms with van der Waals surface area (Å²) in [6, 6.07) is 5.20. The standard InChI is InChI=1S/C12H13ClN2O/c1-7(2)11-14-10-5-4-8(13)6-9(10)12(16)15(11)3/h4-7H,1-3H3. The van der Waals surface area contributed by atoms with E-state index in [0.29, 0.717) is 15.9 Å². The van der Waals surface area contributed by atoms with Crippen LogP contribution in [-0.4, -0.2) is 9.55 Å². The highest BCUT2D eigenvalue weighted by Crippen LogP contribution is 2.17. The van der Waals surface area contributed by atoms with E-state index >= 15 is 0 Å². The number of fused-ring (bicyclic) bond motifs is 1. The van der Waals surface area contributed by atoms with E-state index in [-0.39, 0.29) is 11.5 Å². The highest BCUT2D eigenvalue weighted by molar-refractivity contribution is 6.31. The second-order valence-electron chi connectivity index (χ2n) is 4.15. The fourth-order valence-electron chi connectivity index (χ4n) is 1.78. The quantitative estimate of drug-likeness (QED) is 0.763. The van der Waals surface area contributed by atoms with Crippen LogP contribution in [0.2, 0.25) is 5.02 Å². The van der Waals surface area contributed by atoms with Crippen LogP contribution >= 0.6 is 11.6 Å². The third-order valence-electron chi connectivity index (χ3n) is 2.59. The number of aromatic nitrogens is 2. The molecule has 3 nitrogen and oxygen atoms in total. The monoisotopic (exact) mass is 236 g/mol. The zero-order valence-electron chi connectivity index (χ0n) is 9.49. The molecule has 0 N–H and O–H groups in total. The lowest BCUT2D eigenvalue weighted by Gasteiger charge is -2.11. The van der Waals surface area contributed by atoms with Crippen LogP contribution in [0, 0.1) is 0 Å². The zero-order chi connectivity index (χ0) is 11.9. The van der Waals surface area contributed by atoms with Crippen molar-refractivity contribution in [3.63, 3.8) is 0 Å². The van der Waals surface area contributed by atoms with E-state index in [9.17, 15) is 4.79 Å². The summed E-state index contributed by atoms with van der Waals surface area (Å²) in [5.41, 5.74) is 0.660. The van der Waals surface area contributed by atoms with E-state index in [0.717, 1.165) is 5.82 Å². The van der Waals surface area contributed by atoms with Crippen molar-refractivity contribution in [2.45, 2.75) is 19.8 Å². The number of hydrogen-bond donors (Lipinski definition) is 0. The molecule has 16 heavy (non-hydrogen) atoms. The van der Waals surface area contributed by atoms with Crippen LogP contribution in [0.3, 0.4) is 0 Å². The Morgan fingerprint density at radius 1 is 1.38 bits per heavy atom. The first-order valence-corrected chi connectivity index (χ1v) is 5.54. The Hall–Kier alpha value is -1.35. The van der Waals surface area contributed by atoms with Crippen LogP contribution < -0.4 is 5.56 Å². The summed E-state index contributed by atoms with van der Waals surface area (Å²) < 4.78 is 1.59. The van der Waals surface area contributed by atoms with Crippen molar-refractivity contribution in [1.82, 2.24) is 9.55 Å². The average molecular weight is 237 g/mol. The summed E-state index contributed by atoms with van der Waals surface area (Å²) >= 11 is 5.87. The highest BCUT2D eigenvalue weighted by Gasteiger charge is 2.10. The van der Waals surface area contributed by atoms with Gasteiger partial charge in [-0.15, -0.1) is 0 Å². The highest BCUT2D eigenvalue weighted by atomic mass is 35.5. The van der Waals surface area contributed by atoms with Gasteiger partial charge in [0.1, 0.15) is 5.82 Å². The van der Waals surface area contributed by atoms with Gasteiger partial charge in [-0.1, -0.05) is 25.4 Å². The van der Waals surface area contributed by atoms with Crippen molar-refractivity contribution in [2.75, 3.05) is 0 Å². The SMILES string of the molecule is CC(C)c1nc2ccc(Cl)cc2c(=O)n1C. The van der Waals surface area contributed by atoms with Crippen molar-refractivity contribution in [3.8, 4) is 0 Å². The molecule has 2 aromatic rings. The Labute approximate surface area is 98.7 Å². The van der Waals surface area contributed by atoms with Crippen LogP contribution in [0.4, 0.5) is 0 Å². The largest absolute Gasteiger partial charge is 0.299 e. The predicted molar refractivity (Wildman–Crippen MR) is 66.1 cm³/mol. The minimum Gasteiger partial charge on any atom is -0.299 e. The van der Waals surface area contributed by atoms with Crippen molar-refractivity contribution in [1.29, 1.82) is 0 Å². The molecule has 1 heterocycles. The van der Waals surface area contributed by atoms with Crippen LogP contribution in [0.25, 0.3) is 10.9 Å². The fourth-order valence-corrected chi connectivity index (χ4v) is 1.95. The predicted octanol–water partition coefficient (Wildman–Crippen LogP) is 2.71. The zero-order valence-corrected chi connectivity index (χ0v) is 10.2. The molecule has 0 radical (unpaired) electrons. The lowest BCUT2D eigenvalue weighted by atomic mass is 10.1. The number of rotatable bonds is 1. The van der Waals surface area contributed by atoms with E-state index in [1.165, 1.54) is 0 Å². The van der Waals surface area contributed by atoms with Crippen LogP contribution in [0.15, 0.2) is 23.0 Å². The van der Waals surface area contributed by atoms with Crippen LogP contribution in [0.5, 0.6) is 0 Å². The van der Waals surface area contributed by atoms with Gasteiger partial charge in [0.15, 0.2) is 0 Å². The van der Waals surface area contributed by atoms with Crippen molar-refractivity contribution in [3.05, 3.63) is 39.4 Å². The molecule has 0 fully saturated rings. The van der Waals surface area contributed by atoms with Crippen LogP contribution in [0.1, 0.15) is 25.6 Å². The molecule has 0 aliphatic carbocycles.